The SMILES string of the molecule is COc1ccc(CCNC(=O)C2COCCN2)c(OC)c1OC. The first-order valence-electron chi connectivity index (χ1n) is 7.58. The summed E-state index contributed by atoms with van der Waals surface area (Å²) in [5, 5.41) is 6.03. The normalized spacial score (nSPS) is 17.4. The highest BCUT2D eigenvalue weighted by Crippen LogP contribution is 2.39. The van der Waals surface area contributed by atoms with Crippen molar-refractivity contribution in [2.75, 3.05) is 47.6 Å². The summed E-state index contributed by atoms with van der Waals surface area (Å²) in [6.07, 6.45) is 0.628. The predicted molar refractivity (Wildman–Crippen MR) is 85.4 cm³/mol. The highest BCUT2D eigenvalue weighted by molar-refractivity contribution is 5.82. The molecule has 1 aliphatic heterocycles. The number of rotatable bonds is 7. The number of carbonyl (C=O) groups excluding carboxylic acids is 1. The fourth-order valence-corrected chi connectivity index (χ4v) is 2.54. The van der Waals surface area contributed by atoms with Crippen LogP contribution in [0.4, 0.5) is 0 Å². The molecule has 0 aromatic heterocycles. The maximum atomic E-state index is 12.0. The van der Waals surface area contributed by atoms with E-state index in [9.17, 15) is 4.79 Å². The van der Waals surface area contributed by atoms with Gasteiger partial charge in [0.2, 0.25) is 11.7 Å². The molecule has 2 N–H and O–H groups in total. The molecule has 0 aliphatic carbocycles. The minimum absolute atomic E-state index is 0.0517. The molecule has 1 heterocycles. The van der Waals surface area contributed by atoms with Crippen LogP contribution in [0.3, 0.4) is 0 Å². The zero-order chi connectivity index (χ0) is 16.7. The largest absolute Gasteiger partial charge is 0.493 e. The summed E-state index contributed by atoms with van der Waals surface area (Å²) in [7, 11) is 4.74. The molecule has 0 spiro atoms. The van der Waals surface area contributed by atoms with E-state index in [4.69, 9.17) is 18.9 Å². The van der Waals surface area contributed by atoms with Gasteiger partial charge in [0.1, 0.15) is 6.04 Å². The van der Waals surface area contributed by atoms with Gasteiger partial charge in [-0.15, -0.1) is 0 Å². The Morgan fingerprint density at radius 1 is 1.26 bits per heavy atom. The van der Waals surface area contributed by atoms with Crippen molar-refractivity contribution in [3.8, 4) is 17.2 Å². The smallest absolute Gasteiger partial charge is 0.239 e. The van der Waals surface area contributed by atoms with E-state index >= 15 is 0 Å². The Hall–Kier alpha value is -1.99. The molecule has 1 aromatic carbocycles. The van der Waals surface area contributed by atoms with E-state index in [-0.39, 0.29) is 11.9 Å². The molecule has 0 bridgehead atoms. The highest BCUT2D eigenvalue weighted by atomic mass is 16.5. The molecule has 0 radical (unpaired) electrons. The van der Waals surface area contributed by atoms with E-state index in [0.29, 0.717) is 50.0 Å². The van der Waals surface area contributed by atoms with Crippen LogP contribution < -0.4 is 24.8 Å². The van der Waals surface area contributed by atoms with Crippen molar-refractivity contribution in [1.29, 1.82) is 0 Å². The minimum atomic E-state index is -0.281. The lowest BCUT2D eigenvalue weighted by molar-refractivity contribution is -0.125. The van der Waals surface area contributed by atoms with E-state index < -0.39 is 0 Å². The fourth-order valence-electron chi connectivity index (χ4n) is 2.54. The van der Waals surface area contributed by atoms with Crippen LogP contribution in [0.2, 0.25) is 0 Å². The summed E-state index contributed by atoms with van der Waals surface area (Å²) in [6, 6.07) is 3.46. The van der Waals surface area contributed by atoms with E-state index in [2.05, 4.69) is 10.6 Å². The molecule has 1 saturated heterocycles. The lowest BCUT2D eigenvalue weighted by atomic mass is 10.1. The number of methoxy groups -OCH3 is 3. The van der Waals surface area contributed by atoms with Crippen LogP contribution in [0.1, 0.15) is 5.56 Å². The first kappa shape index (κ1) is 17.4. The van der Waals surface area contributed by atoms with E-state index in [1.807, 2.05) is 12.1 Å². The molecule has 0 saturated carbocycles. The lowest BCUT2D eigenvalue weighted by Gasteiger charge is -2.23. The van der Waals surface area contributed by atoms with Crippen LogP contribution in [0.15, 0.2) is 12.1 Å². The lowest BCUT2D eigenvalue weighted by Crippen LogP contribution is -2.51. The standard InChI is InChI=1S/C16H24N2O5/c1-20-13-5-4-11(14(21-2)15(13)22-3)6-7-18-16(19)12-10-23-9-8-17-12/h4-5,12,17H,6-10H2,1-3H3,(H,18,19). The Labute approximate surface area is 136 Å². The van der Waals surface area contributed by atoms with Crippen molar-refractivity contribution < 1.29 is 23.7 Å². The van der Waals surface area contributed by atoms with E-state index in [1.165, 1.54) is 0 Å². The molecule has 23 heavy (non-hydrogen) atoms. The molecule has 7 heteroatoms. The van der Waals surface area contributed by atoms with Gasteiger partial charge in [0, 0.05) is 18.7 Å². The topological polar surface area (TPSA) is 78.1 Å². The number of amides is 1. The van der Waals surface area contributed by atoms with Crippen molar-refractivity contribution in [3.63, 3.8) is 0 Å². The molecular formula is C16H24N2O5. The summed E-state index contributed by atoms with van der Waals surface area (Å²) >= 11 is 0. The summed E-state index contributed by atoms with van der Waals surface area (Å²) in [4.78, 5) is 12.0. The van der Waals surface area contributed by atoms with Crippen molar-refractivity contribution in [2.24, 2.45) is 0 Å². The molecule has 7 nitrogen and oxygen atoms in total. The summed E-state index contributed by atoms with van der Waals surface area (Å²) in [5.74, 6) is 1.74. The second-order valence-electron chi connectivity index (χ2n) is 5.12. The number of hydrogen-bond donors (Lipinski definition) is 2. The van der Waals surface area contributed by atoms with Crippen molar-refractivity contribution in [1.82, 2.24) is 10.6 Å². The van der Waals surface area contributed by atoms with Gasteiger partial charge in [0.25, 0.3) is 0 Å². The maximum absolute atomic E-state index is 12.0. The van der Waals surface area contributed by atoms with Gasteiger partial charge in [0.15, 0.2) is 11.5 Å². The Morgan fingerprint density at radius 3 is 2.65 bits per heavy atom. The van der Waals surface area contributed by atoms with E-state index in [0.717, 1.165) is 5.56 Å². The average Bonchev–Trinajstić information content (AvgIpc) is 2.61. The Kier molecular flexibility index (Phi) is 6.49. The molecular weight excluding hydrogens is 300 g/mol. The van der Waals surface area contributed by atoms with Gasteiger partial charge in [-0.3, -0.25) is 4.79 Å². The van der Waals surface area contributed by atoms with Gasteiger partial charge >= 0.3 is 0 Å². The van der Waals surface area contributed by atoms with Gasteiger partial charge in [-0.25, -0.2) is 0 Å². The summed E-state index contributed by atoms with van der Waals surface area (Å²) in [6.45, 7) is 2.25. The molecule has 128 valence electrons. The van der Waals surface area contributed by atoms with Gasteiger partial charge in [-0.05, 0) is 12.5 Å². The van der Waals surface area contributed by atoms with Gasteiger partial charge in [0.05, 0.1) is 34.5 Å². The number of morpholine rings is 1. The molecule has 1 aromatic rings. The number of nitrogens with one attached hydrogen (secondary N) is 2. The van der Waals surface area contributed by atoms with E-state index in [1.54, 1.807) is 21.3 Å². The summed E-state index contributed by atoms with van der Waals surface area (Å²) in [5.41, 5.74) is 0.943. The van der Waals surface area contributed by atoms with Crippen LogP contribution >= 0.6 is 0 Å². The second-order valence-corrected chi connectivity index (χ2v) is 5.12. The van der Waals surface area contributed by atoms with Crippen LogP contribution in [0.25, 0.3) is 0 Å². The number of benzene rings is 1. The molecule has 1 unspecified atom stereocenters. The van der Waals surface area contributed by atoms with Crippen LogP contribution in [0.5, 0.6) is 17.2 Å². The number of carbonyl (C=O) groups is 1. The molecule has 2 rings (SSSR count). The highest BCUT2D eigenvalue weighted by Gasteiger charge is 2.21. The monoisotopic (exact) mass is 324 g/mol. The minimum Gasteiger partial charge on any atom is -0.493 e. The molecule has 1 amide bonds. The maximum Gasteiger partial charge on any atom is 0.239 e. The molecule has 1 aliphatic rings. The van der Waals surface area contributed by atoms with Crippen molar-refractivity contribution in [2.45, 2.75) is 12.5 Å². The Morgan fingerprint density at radius 2 is 2.04 bits per heavy atom. The third-order valence-electron chi connectivity index (χ3n) is 3.72. The van der Waals surface area contributed by atoms with Gasteiger partial charge < -0.3 is 29.6 Å². The molecule has 1 atom stereocenters. The predicted octanol–water partition coefficient (Wildman–Crippen LogP) is 0.360. The van der Waals surface area contributed by atoms with Crippen LogP contribution in [-0.2, 0) is 16.0 Å². The number of ether oxygens (including phenoxy) is 4. The Balaban J connectivity index is 1.96. The number of hydrogen-bond acceptors (Lipinski definition) is 6. The first-order valence-corrected chi connectivity index (χ1v) is 7.58. The van der Waals surface area contributed by atoms with Crippen molar-refractivity contribution in [3.05, 3.63) is 17.7 Å². The third-order valence-corrected chi connectivity index (χ3v) is 3.72. The zero-order valence-corrected chi connectivity index (χ0v) is 13.8. The summed E-state index contributed by atoms with van der Waals surface area (Å²) < 4.78 is 21.3. The first-order chi connectivity index (χ1) is 11.2. The van der Waals surface area contributed by atoms with Gasteiger partial charge in [-0.2, -0.15) is 0 Å². The third kappa shape index (κ3) is 4.27. The van der Waals surface area contributed by atoms with Crippen LogP contribution in [-0.4, -0.2) is 59.6 Å². The fraction of sp³-hybridized carbons (Fsp3) is 0.562. The second kappa shape index (κ2) is 8.59. The Bertz CT molecular complexity index is 529. The quantitative estimate of drug-likeness (QED) is 0.754. The van der Waals surface area contributed by atoms with Crippen molar-refractivity contribution >= 4 is 5.91 Å². The molecule has 1 fully saturated rings. The van der Waals surface area contributed by atoms with Crippen LogP contribution in [0, 0.1) is 0 Å². The average molecular weight is 324 g/mol. The van der Waals surface area contributed by atoms with Gasteiger partial charge in [-0.1, -0.05) is 6.07 Å². The zero-order valence-electron chi connectivity index (χ0n) is 13.8.